The van der Waals surface area contributed by atoms with Crippen LogP contribution in [0.1, 0.15) is 4.88 Å². The highest BCUT2D eigenvalue weighted by Crippen LogP contribution is 2.37. The molecule has 2 aromatic rings. The van der Waals surface area contributed by atoms with Crippen LogP contribution in [0.5, 0.6) is 0 Å². The molecule has 0 saturated heterocycles. The lowest BCUT2D eigenvalue weighted by atomic mass is 10.4. The van der Waals surface area contributed by atoms with Gasteiger partial charge in [0.1, 0.15) is 9.73 Å². The number of hydrogen-bond donors (Lipinski definition) is 2. The third kappa shape index (κ3) is 3.33. The van der Waals surface area contributed by atoms with Gasteiger partial charge in [-0.3, -0.25) is 5.41 Å². The zero-order chi connectivity index (χ0) is 15.6. The molecule has 0 aliphatic rings. The van der Waals surface area contributed by atoms with E-state index in [4.69, 9.17) is 14.9 Å². The predicted octanol–water partition coefficient (Wildman–Crippen LogP) is 4.67. The van der Waals surface area contributed by atoms with E-state index in [-0.39, 0.29) is 5.90 Å². The van der Waals surface area contributed by atoms with Crippen LogP contribution in [0.25, 0.3) is 0 Å². The Morgan fingerprint density at radius 2 is 2.14 bits per heavy atom. The molecular formula is C13H13BrN2O2S3. The van der Waals surface area contributed by atoms with E-state index >= 15 is 0 Å². The Kier molecular flexibility index (Phi) is 5.13. The van der Waals surface area contributed by atoms with Gasteiger partial charge < -0.3 is 4.74 Å². The van der Waals surface area contributed by atoms with Crippen molar-refractivity contribution in [2.24, 2.45) is 0 Å². The van der Waals surface area contributed by atoms with Crippen molar-refractivity contribution in [3.05, 3.63) is 39.7 Å². The molecule has 0 radical (unpaired) electrons. The van der Waals surface area contributed by atoms with Crippen molar-refractivity contribution in [3.63, 3.8) is 0 Å². The number of benzene rings is 1. The van der Waals surface area contributed by atoms with Crippen LogP contribution in [-0.2, 0) is 14.5 Å². The summed E-state index contributed by atoms with van der Waals surface area (Å²) in [6.45, 7) is 0. The zero-order valence-corrected chi connectivity index (χ0v) is 15.3. The van der Waals surface area contributed by atoms with E-state index in [0.29, 0.717) is 14.7 Å². The molecule has 1 aromatic carbocycles. The van der Waals surface area contributed by atoms with Crippen LogP contribution in [0, 0.1) is 10.2 Å². The molecule has 1 heterocycles. The van der Waals surface area contributed by atoms with Crippen LogP contribution < -0.4 is 0 Å². The smallest absolute Gasteiger partial charge is 0.223 e. The Morgan fingerprint density at radius 1 is 1.43 bits per heavy atom. The van der Waals surface area contributed by atoms with Crippen LogP contribution in [0.15, 0.2) is 48.8 Å². The fourth-order valence-corrected chi connectivity index (χ4v) is 6.30. The molecule has 0 bridgehead atoms. The highest BCUT2D eigenvalue weighted by atomic mass is 79.9. The molecule has 1 aromatic heterocycles. The molecule has 1 unspecified atom stereocenters. The summed E-state index contributed by atoms with van der Waals surface area (Å²) >= 11 is 6.08. The van der Waals surface area contributed by atoms with Gasteiger partial charge in [-0.15, -0.1) is 23.1 Å². The predicted molar refractivity (Wildman–Crippen MR) is 91.5 cm³/mol. The van der Waals surface area contributed by atoms with E-state index in [1.807, 2.05) is 12.3 Å². The Labute approximate surface area is 140 Å². The van der Waals surface area contributed by atoms with Gasteiger partial charge in [-0.25, -0.2) is 8.99 Å². The van der Waals surface area contributed by atoms with E-state index in [0.717, 1.165) is 8.68 Å². The first kappa shape index (κ1) is 16.5. The molecule has 0 spiro atoms. The lowest BCUT2D eigenvalue weighted by Crippen LogP contribution is -2.01. The largest absolute Gasteiger partial charge is 0.480 e. The van der Waals surface area contributed by atoms with E-state index in [1.165, 1.54) is 30.2 Å². The van der Waals surface area contributed by atoms with Gasteiger partial charge in [0, 0.05) is 4.47 Å². The van der Waals surface area contributed by atoms with Crippen molar-refractivity contribution >= 4 is 54.7 Å². The van der Waals surface area contributed by atoms with Crippen molar-refractivity contribution in [1.29, 1.82) is 10.2 Å². The van der Waals surface area contributed by atoms with Crippen LogP contribution in [0.3, 0.4) is 0 Å². The summed E-state index contributed by atoms with van der Waals surface area (Å²) in [7, 11) is -1.69. The fraction of sp³-hybridized carbons (Fsp3) is 0.154. The summed E-state index contributed by atoms with van der Waals surface area (Å²) in [5.41, 5.74) is 0. The Hall–Kier alpha value is -0.830. The second-order valence-corrected chi connectivity index (χ2v) is 9.08. The lowest BCUT2D eigenvalue weighted by molar-refractivity contribution is 0.402. The summed E-state index contributed by atoms with van der Waals surface area (Å²) in [6, 6.07) is 8.59. The summed E-state index contributed by atoms with van der Waals surface area (Å²) in [5, 5.41) is 7.72. The van der Waals surface area contributed by atoms with E-state index in [1.54, 1.807) is 24.3 Å². The first-order valence-corrected chi connectivity index (χ1v) is 10.1. The van der Waals surface area contributed by atoms with E-state index in [9.17, 15) is 4.21 Å². The van der Waals surface area contributed by atoms with Crippen molar-refractivity contribution in [3.8, 4) is 0 Å². The maximum Gasteiger partial charge on any atom is 0.223 e. The first-order valence-electron chi connectivity index (χ1n) is 5.75. The highest BCUT2D eigenvalue weighted by Gasteiger charge is 2.22. The number of thiophene rings is 1. The van der Waals surface area contributed by atoms with Gasteiger partial charge in [0.15, 0.2) is 0 Å². The molecule has 2 N–H and O–H groups in total. The lowest BCUT2D eigenvalue weighted by Gasteiger charge is -2.08. The monoisotopic (exact) mass is 404 g/mol. The minimum Gasteiger partial charge on any atom is -0.480 e. The first-order chi connectivity index (χ1) is 9.90. The molecule has 8 heteroatoms. The van der Waals surface area contributed by atoms with Gasteiger partial charge >= 0.3 is 0 Å². The molecule has 4 nitrogen and oxygen atoms in total. The number of hydrogen-bond acceptors (Lipinski definition) is 6. The molecule has 0 aliphatic carbocycles. The van der Waals surface area contributed by atoms with Crippen LogP contribution in [0.2, 0.25) is 0 Å². The average Bonchev–Trinajstić information content (AvgIpc) is 2.91. The van der Waals surface area contributed by atoms with Gasteiger partial charge in [0.05, 0.1) is 26.0 Å². The van der Waals surface area contributed by atoms with Crippen LogP contribution >= 0.6 is 39.0 Å². The van der Waals surface area contributed by atoms with Crippen molar-refractivity contribution in [2.75, 3.05) is 13.4 Å². The zero-order valence-electron chi connectivity index (χ0n) is 11.3. The maximum atomic E-state index is 13.0. The minimum atomic E-state index is -3.12. The second kappa shape index (κ2) is 6.51. The summed E-state index contributed by atoms with van der Waals surface area (Å²) in [4.78, 5) is 1.46. The third-order valence-corrected chi connectivity index (χ3v) is 7.60. The Balaban J connectivity index is 2.59. The number of rotatable bonds is 4. The number of methoxy groups -OCH3 is 1. The summed E-state index contributed by atoms with van der Waals surface area (Å²) < 4.78 is 27.8. The van der Waals surface area contributed by atoms with Crippen molar-refractivity contribution in [1.82, 2.24) is 0 Å². The van der Waals surface area contributed by atoms with Gasteiger partial charge in [0.2, 0.25) is 5.90 Å². The quantitative estimate of drug-likeness (QED) is 0.441. The molecule has 2 rings (SSSR count). The topological polar surface area (TPSA) is 74.0 Å². The van der Waals surface area contributed by atoms with Gasteiger partial charge in [-0.05, 0) is 30.5 Å². The minimum absolute atomic E-state index is 0.0194. The number of thioether (sulfide) groups is 1. The molecule has 0 saturated carbocycles. The SMILES string of the molecule is COC(=N)c1cc(S(=N)(=O)c2cccc(Br)c2)c(SC)s1. The Bertz CT molecular complexity index is 784. The third-order valence-electron chi connectivity index (χ3n) is 2.72. The number of halogens is 1. The van der Waals surface area contributed by atoms with Crippen molar-refractivity contribution < 1.29 is 8.95 Å². The van der Waals surface area contributed by atoms with Gasteiger partial charge in [-0.2, -0.15) is 0 Å². The average molecular weight is 405 g/mol. The van der Waals surface area contributed by atoms with Gasteiger partial charge in [0.25, 0.3) is 0 Å². The number of nitrogens with one attached hydrogen (secondary N) is 2. The Morgan fingerprint density at radius 3 is 2.71 bits per heavy atom. The van der Waals surface area contributed by atoms with E-state index < -0.39 is 9.73 Å². The molecule has 0 amide bonds. The van der Waals surface area contributed by atoms with Crippen molar-refractivity contribution in [2.45, 2.75) is 14.0 Å². The molecular weight excluding hydrogens is 392 g/mol. The molecule has 0 fully saturated rings. The van der Waals surface area contributed by atoms with Gasteiger partial charge in [-0.1, -0.05) is 22.0 Å². The maximum absolute atomic E-state index is 13.0. The summed E-state index contributed by atoms with van der Waals surface area (Å²) in [5.74, 6) is 0.0194. The standard InChI is InChI=1S/C13H13BrN2O2S3/c1-18-12(15)10-7-11(13(19-2)20-10)21(16,17)9-5-3-4-8(14)6-9/h3-7,15-16H,1-2H3. The molecule has 21 heavy (non-hydrogen) atoms. The highest BCUT2D eigenvalue weighted by molar-refractivity contribution is 9.10. The number of ether oxygens (including phenoxy) is 1. The van der Waals surface area contributed by atoms with Crippen LogP contribution in [-0.4, -0.2) is 23.5 Å². The second-order valence-electron chi connectivity index (χ2n) is 4.01. The molecule has 1 atom stereocenters. The summed E-state index contributed by atoms with van der Waals surface area (Å²) in [6.07, 6.45) is 1.87. The molecule has 0 aliphatic heterocycles. The molecule has 112 valence electrons. The normalized spacial score (nSPS) is 13.7. The van der Waals surface area contributed by atoms with Crippen LogP contribution in [0.4, 0.5) is 0 Å². The van der Waals surface area contributed by atoms with E-state index in [2.05, 4.69) is 15.9 Å². The fourth-order valence-electron chi connectivity index (χ4n) is 1.69.